The Kier molecular flexibility index (Phi) is 36.0. The van der Waals surface area contributed by atoms with Gasteiger partial charge in [0.05, 0.1) is 0 Å². The minimum absolute atomic E-state index is 0.0692. The molecule has 9 heteroatoms. The summed E-state index contributed by atoms with van der Waals surface area (Å²) >= 11 is -0.272. The van der Waals surface area contributed by atoms with E-state index in [9.17, 15) is 39.6 Å². The van der Waals surface area contributed by atoms with Gasteiger partial charge in [-0.15, -0.1) is 0 Å². The molecule has 2 unspecified atom stereocenters. The van der Waals surface area contributed by atoms with Crippen LogP contribution in [0.25, 0.3) is 0 Å². The van der Waals surface area contributed by atoms with E-state index in [1.807, 2.05) is 0 Å². The van der Waals surface area contributed by atoms with Crippen LogP contribution in [0.3, 0.4) is 0 Å². The molecule has 0 heterocycles. The van der Waals surface area contributed by atoms with Crippen molar-refractivity contribution < 1.29 is 39.6 Å². The normalized spacial score (nSPS) is 12.1. The van der Waals surface area contributed by atoms with Gasteiger partial charge >= 0.3 is 56.7 Å². The third-order valence-corrected chi connectivity index (χ3v) is 12.7. The monoisotopic (exact) mass is 720 g/mol. The van der Waals surface area contributed by atoms with Gasteiger partial charge < -0.3 is 39.6 Å². The summed E-state index contributed by atoms with van der Waals surface area (Å²) in [6.45, 7) is 13.7. The molecule has 8 nitrogen and oxygen atoms in total. The zero-order valence-electron chi connectivity index (χ0n) is 28.4. The van der Waals surface area contributed by atoms with Crippen molar-refractivity contribution in [2.45, 2.75) is 178 Å². The van der Waals surface area contributed by atoms with E-state index in [2.05, 4.69) is 41.5 Å². The van der Waals surface area contributed by atoms with Crippen LogP contribution in [0.15, 0.2) is 0 Å². The van der Waals surface area contributed by atoms with Gasteiger partial charge in [0.2, 0.25) is 0 Å². The summed E-state index contributed by atoms with van der Waals surface area (Å²) in [6, 6.07) is 0. The van der Waals surface area contributed by atoms with E-state index >= 15 is 0 Å². The first-order valence-corrected chi connectivity index (χ1v) is 21.8. The molecule has 0 aliphatic carbocycles. The van der Waals surface area contributed by atoms with Crippen molar-refractivity contribution in [3.63, 3.8) is 0 Å². The van der Waals surface area contributed by atoms with E-state index in [-0.39, 0.29) is 34.0 Å². The molecule has 4 radical (unpaired) electrons. The van der Waals surface area contributed by atoms with Crippen LogP contribution in [-0.4, -0.2) is 45.0 Å². The van der Waals surface area contributed by atoms with Crippen molar-refractivity contribution in [2.75, 3.05) is 0 Å². The molecule has 0 spiro atoms. The third-order valence-electron chi connectivity index (χ3n) is 7.29. The van der Waals surface area contributed by atoms with Crippen molar-refractivity contribution in [1.29, 1.82) is 0 Å². The molecule has 0 aromatic heterocycles. The van der Waals surface area contributed by atoms with Crippen molar-refractivity contribution in [2.24, 2.45) is 11.8 Å². The number of carboxylic acids is 4. The quantitative estimate of drug-likeness (QED) is 0.0963. The van der Waals surface area contributed by atoms with Gasteiger partial charge in [-0.3, -0.25) is 0 Å². The molecule has 0 aromatic carbocycles. The second kappa shape index (κ2) is 33.6. The van der Waals surface area contributed by atoms with E-state index in [0.29, 0.717) is 38.5 Å². The van der Waals surface area contributed by atoms with Crippen LogP contribution in [0.5, 0.6) is 0 Å². The summed E-state index contributed by atoms with van der Waals surface area (Å²) in [5, 5.41) is 42.2. The van der Waals surface area contributed by atoms with Crippen LogP contribution in [0.4, 0.5) is 0 Å². The molecular weight excluding hydrogens is 655 g/mol. The number of carbonyl (C=O) groups is 4. The number of rotatable bonds is 26. The molecule has 0 bridgehead atoms. The van der Waals surface area contributed by atoms with Gasteiger partial charge in [0.15, 0.2) is 0 Å². The van der Waals surface area contributed by atoms with E-state index in [1.54, 1.807) is 0 Å². The van der Waals surface area contributed by atoms with Crippen molar-refractivity contribution in [3.05, 3.63) is 0 Å². The first-order chi connectivity index (χ1) is 20.3. The fourth-order valence-electron chi connectivity index (χ4n) is 5.03. The fourth-order valence-corrected chi connectivity index (χ4v) is 10.4. The Morgan fingerprint density at radius 3 is 0.977 bits per heavy atom. The van der Waals surface area contributed by atoms with Crippen molar-refractivity contribution in [3.8, 4) is 0 Å². The Morgan fingerprint density at radius 1 is 0.465 bits per heavy atom. The van der Waals surface area contributed by atoms with E-state index in [4.69, 9.17) is 0 Å². The predicted molar refractivity (Wildman–Crippen MR) is 169 cm³/mol. The number of carboxylic acid groups (broad SMARTS) is 4. The first-order valence-electron chi connectivity index (χ1n) is 17.1. The molecule has 0 saturated carbocycles. The van der Waals surface area contributed by atoms with Crippen LogP contribution >= 0.6 is 0 Å². The summed E-state index contributed by atoms with van der Waals surface area (Å²) in [5.74, 6) is -5.35. The molecule has 43 heavy (non-hydrogen) atoms. The summed E-state index contributed by atoms with van der Waals surface area (Å²) in [7, 11) is 0. The Morgan fingerprint density at radius 2 is 0.744 bits per heavy atom. The van der Waals surface area contributed by atoms with Crippen LogP contribution in [0, 0.1) is 11.8 Å². The van der Waals surface area contributed by atoms with Gasteiger partial charge in [-0.1, -0.05) is 90.9 Å². The number of aliphatic carboxylic acids is 4. The average molecular weight is 720 g/mol. The molecule has 252 valence electrons. The molecule has 0 N–H and O–H groups in total. The predicted octanol–water partition coefficient (Wildman–Crippen LogP) is 3.86. The zero-order valence-corrected chi connectivity index (χ0v) is 32.5. The van der Waals surface area contributed by atoms with Crippen LogP contribution < -0.4 is 20.4 Å². The van der Waals surface area contributed by atoms with Gasteiger partial charge in [-0.05, 0) is 63.2 Å². The fraction of sp³-hybridized carbons (Fsp3) is 0.882. The maximum atomic E-state index is 10.9. The molecule has 0 aliphatic heterocycles. The Bertz CT molecular complexity index is 625. The molecule has 0 rings (SSSR count). The second-order valence-corrected chi connectivity index (χ2v) is 23.4. The van der Waals surface area contributed by atoms with Gasteiger partial charge in [0.1, 0.15) is 0 Å². The van der Waals surface area contributed by atoms with Gasteiger partial charge in [0.25, 0.3) is 0 Å². The number of unbranched alkanes of at least 4 members (excludes halogenated alkanes) is 10. The summed E-state index contributed by atoms with van der Waals surface area (Å²) < 4.78 is 2.17. The first kappa shape index (κ1) is 46.1. The summed E-state index contributed by atoms with van der Waals surface area (Å²) in [6.07, 6.45) is 16.0. The summed E-state index contributed by atoms with van der Waals surface area (Å²) in [4.78, 5) is 42.2. The van der Waals surface area contributed by atoms with E-state index < -0.39 is 35.7 Å². The number of hydrogen-bond acceptors (Lipinski definition) is 8. The molecule has 0 amide bonds. The third kappa shape index (κ3) is 40.7. The SMILES string of the molecule is CCCCCCCCC(CCCC(=O)[O-])C(=O)[O-].CCCCCCCCC(CCCC(=O)[O-])C(=O)[O-].C[CH](C)[SnH2+4][CH](C)C. The molecule has 0 saturated heterocycles. The van der Waals surface area contributed by atoms with Crippen LogP contribution in [0.1, 0.15) is 170 Å². The molecular formula is C34H64O8Sn. The number of carbonyl (C=O) groups excluding carboxylic acids is 4. The van der Waals surface area contributed by atoms with Gasteiger partial charge in [-0.2, -0.15) is 0 Å². The topological polar surface area (TPSA) is 161 Å². The molecule has 0 fully saturated rings. The molecule has 0 aromatic rings. The second-order valence-electron chi connectivity index (χ2n) is 12.7. The van der Waals surface area contributed by atoms with E-state index in [0.717, 1.165) is 46.4 Å². The number of hydrogen-bond donors (Lipinski definition) is 0. The molecule has 0 aliphatic rings. The van der Waals surface area contributed by atoms with Crippen LogP contribution in [0.2, 0.25) is 7.87 Å². The van der Waals surface area contributed by atoms with Gasteiger partial charge in [0, 0.05) is 23.9 Å². The summed E-state index contributed by atoms with van der Waals surface area (Å²) in [5.41, 5.74) is 0. The van der Waals surface area contributed by atoms with E-state index in [1.165, 1.54) is 38.5 Å². The van der Waals surface area contributed by atoms with Crippen LogP contribution in [-0.2, 0) is 19.2 Å². The standard InChI is InChI=1S/2C14H26O4.2C3H7.Sn.2H/c2*1-2-3-4-5-6-7-9-12(14(17)18)10-8-11-13(15)16;2*1-3-2;;;/h2*12H,2-11H2,1H3,(H,15,16)(H,17,18);2*3H,1-2H3;;;/q;;;;+4;;/p-4. The Balaban J connectivity index is -0.000000611. The maximum absolute atomic E-state index is 10.9. The van der Waals surface area contributed by atoms with Crippen molar-refractivity contribution >= 4 is 45.0 Å². The van der Waals surface area contributed by atoms with Crippen molar-refractivity contribution in [1.82, 2.24) is 0 Å². The zero-order chi connectivity index (χ0) is 33.5. The minimum atomic E-state index is -1.12. The Labute approximate surface area is 273 Å². The van der Waals surface area contributed by atoms with Gasteiger partial charge in [-0.25, -0.2) is 0 Å². The Hall–Kier alpha value is -1.32. The molecule has 2 atom stereocenters. The average Bonchev–Trinajstić information content (AvgIpc) is 2.89.